The van der Waals surface area contributed by atoms with Crippen molar-refractivity contribution in [1.29, 1.82) is 0 Å². The van der Waals surface area contributed by atoms with Crippen molar-refractivity contribution in [2.45, 2.75) is 19.9 Å². The number of aryl methyl sites for hydroxylation is 1. The number of anilines is 2. The van der Waals surface area contributed by atoms with Crippen molar-refractivity contribution in [1.82, 2.24) is 18.7 Å². The second-order valence-electron chi connectivity index (χ2n) is 7.48. The SMILES string of the molecule is COc1ccc(NCCN2N=C(C)[C@H](C)n3c2nc2c3c(=O)n(C)c(=O)n2C)cc1Cl. The molecule has 0 unspecified atom stereocenters. The maximum Gasteiger partial charge on any atom is 0.332 e. The van der Waals surface area contributed by atoms with Gasteiger partial charge in [0, 0.05) is 26.3 Å². The molecular formula is C20H24ClN7O3. The number of hydrogen-bond acceptors (Lipinski definition) is 7. The van der Waals surface area contributed by atoms with Gasteiger partial charge in [-0.15, -0.1) is 0 Å². The van der Waals surface area contributed by atoms with E-state index >= 15 is 0 Å². The van der Waals surface area contributed by atoms with Crippen LogP contribution in [0, 0.1) is 0 Å². The number of nitrogens with zero attached hydrogens (tertiary/aromatic N) is 6. The molecule has 0 radical (unpaired) electrons. The first-order valence-corrected chi connectivity index (χ1v) is 10.2. The van der Waals surface area contributed by atoms with Gasteiger partial charge in [0.2, 0.25) is 5.95 Å². The van der Waals surface area contributed by atoms with Crippen LogP contribution in [0.25, 0.3) is 11.2 Å². The van der Waals surface area contributed by atoms with Crippen molar-refractivity contribution < 1.29 is 4.74 Å². The smallest absolute Gasteiger partial charge is 0.332 e. The summed E-state index contributed by atoms with van der Waals surface area (Å²) in [5.74, 6) is 1.14. The summed E-state index contributed by atoms with van der Waals surface area (Å²) in [5.41, 5.74) is 1.64. The van der Waals surface area contributed by atoms with Crippen molar-refractivity contribution >= 4 is 40.1 Å². The van der Waals surface area contributed by atoms with Gasteiger partial charge in [0.25, 0.3) is 5.56 Å². The summed E-state index contributed by atoms with van der Waals surface area (Å²) in [6.07, 6.45) is 0. The van der Waals surface area contributed by atoms with E-state index in [1.807, 2.05) is 24.5 Å². The third kappa shape index (κ3) is 3.36. The number of aromatic nitrogens is 4. The molecule has 2 aromatic heterocycles. The zero-order valence-corrected chi connectivity index (χ0v) is 18.8. The highest BCUT2D eigenvalue weighted by Gasteiger charge is 2.30. The van der Waals surface area contributed by atoms with E-state index in [4.69, 9.17) is 16.3 Å². The summed E-state index contributed by atoms with van der Waals surface area (Å²) in [4.78, 5) is 29.8. The average Bonchev–Trinajstić information content (AvgIpc) is 3.15. The number of methoxy groups -OCH3 is 1. The molecule has 164 valence electrons. The van der Waals surface area contributed by atoms with E-state index in [0.29, 0.717) is 41.0 Å². The molecule has 1 aromatic carbocycles. The zero-order chi connectivity index (χ0) is 22.4. The summed E-state index contributed by atoms with van der Waals surface area (Å²) in [6.45, 7) is 4.91. The topological polar surface area (TPSA) is 98.7 Å². The molecule has 3 heterocycles. The van der Waals surface area contributed by atoms with Gasteiger partial charge < -0.3 is 10.1 Å². The van der Waals surface area contributed by atoms with Gasteiger partial charge in [-0.2, -0.15) is 10.1 Å². The Labute approximate surface area is 183 Å². The van der Waals surface area contributed by atoms with Gasteiger partial charge in [0.15, 0.2) is 11.2 Å². The first-order chi connectivity index (χ1) is 14.7. The van der Waals surface area contributed by atoms with Gasteiger partial charge in [-0.3, -0.25) is 18.5 Å². The Balaban J connectivity index is 1.67. The Hall–Kier alpha value is -3.27. The van der Waals surface area contributed by atoms with Gasteiger partial charge in [0.05, 0.1) is 30.4 Å². The Kier molecular flexibility index (Phi) is 5.26. The van der Waals surface area contributed by atoms with Crippen LogP contribution in [-0.4, -0.2) is 44.6 Å². The highest BCUT2D eigenvalue weighted by Crippen LogP contribution is 2.30. The molecule has 1 atom stereocenters. The number of nitrogens with one attached hydrogen (secondary N) is 1. The molecule has 1 N–H and O–H groups in total. The van der Waals surface area contributed by atoms with E-state index in [2.05, 4.69) is 15.4 Å². The molecule has 1 aliphatic rings. The van der Waals surface area contributed by atoms with E-state index < -0.39 is 5.69 Å². The van der Waals surface area contributed by atoms with Crippen LogP contribution in [0.2, 0.25) is 5.02 Å². The summed E-state index contributed by atoms with van der Waals surface area (Å²) >= 11 is 6.19. The molecule has 0 saturated carbocycles. The number of imidazole rings is 1. The van der Waals surface area contributed by atoms with E-state index in [9.17, 15) is 9.59 Å². The zero-order valence-electron chi connectivity index (χ0n) is 18.0. The molecule has 0 aliphatic carbocycles. The van der Waals surface area contributed by atoms with Crippen LogP contribution >= 0.6 is 11.6 Å². The number of hydrogen-bond donors (Lipinski definition) is 1. The van der Waals surface area contributed by atoms with E-state index in [-0.39, 0.29) is 11.6 Å². The number of halogens is 1. The maximum atomic E-state index is 12.9. The van der Waals surface area contributed by atoms with Crippen molar-refractivity contribution in [3.8, 4) is 5.75 Å². The number of ether oxygens (including phenoxy) is 1. The van der Waals surface area contributed by atoms with Crippen LogP contribution in [0.4, 0.5) is 11.6 Å². The number of rotatable bonds is 5. The van der Waals surface area contributed by atoms with E-state index in [0.717, 1.165) is 16.0 Å². The fourth-order valence-electron chi connectivity index (χ4n) is 3.69. The molecule has 1 aliphatic heterocycles. The monoisotopic (exact) mass is 445 g/mol. The summed E-state index contributed by atoms with van der Waals surface area (Å²) in [5, 5.41) is 10.2. The van der Waals surface area contributed by atoms with Crippen LogP contribution in [-0.2, 0) is 14.1 Å². The van der Waals surface area contributed by atoms with Crippen LogP contribution in [0.3, 0.4) is 0 Å². The number of fused-ring (bicyclic) bond motifs is 3. The minimum Gasteiger partial charge on any atom is -0.495 e. The van der Waals surface area contributed by atoms with Crippen LogP contribution in [0.1, 0.15) is 19.9 Å². The Morgan fingerprint density at radius 1 is 1.23 bits per heavy atom. The molecule has 0 fully saturated rings. The molecule has 11 heteroatoms. The Bertz CT molecular complexity index is 1320. The van der Waals surface area contributed by atoms with Gasteiger partial charge in [0.1, 0.15) is 5.75 Å². The normalized spacial score (nSPS) is 15.7. The Morgan fingerprint density at radius 3 is 2.65 bits per heavy atom. The fourth-order valence-corrected chi connectivity index (χ4v) is 3.95. The summed E-state index contributed by atoms with van der Waals surface area (Å²) in [7, 11) is 4.65. The van der Waals surface area contributed by atoms with Crippen LogP contribution in [0.15, 0.2) is 32.9 Å². The van der Waals surface area contributed by atoms with E-state index in [1.165, 1.54) is 11.6 Å². The van der Waals surface area contributed by atoms with Crippen LogP contribution < -0.4 is 26.3 Å². The molecule has 0 saturated heterocycles. The lowest BCUT2D eigenvalue weighted by Gasteiger charge is -2.29. The molecule has 3 aromatic rings. The molecule has 4 rings (SSSR count). The maximum absolute atomic E-state index is 12.9. The third-order valence-electron chi connectivity index (χ3n) is 5.58. The second-order valence-corrected chi connectivity index (χ2v) is 7.88. The predicted octanol–water partition coefficient (Wildman–Crippen LogP) is 1.96. The van der Waals surface area contributed by atoms with Gasteiger partial charge >= 0.3 is 5.69 Å². The summed E-state index contributed by atoms with van der Waals surface area (Å²) < 4.78 is 9.52. The predicted molar refractivity (Wildman–Crippen MR) is 122 cm³/mol. The lowest BCUT2D eigenvalue weighted by atomic mass is 10.2. The second kappa shape index (κ2) is 7.77. The quantitative estimate of drug-likeness (QED) is 0.644. The van der Waals surface area contributed by atoms with Gasteiger partial charge in [-0.05, 0) is 32.0 Å². The van der Waals surface area contributed by atoms with E-state index in [1.54, 1.807) is 31.3 Å². The molecular weight excluding hydrogens is 422 g/mol. The van der Waals surface area contributed by atoms with Crippen molar-refractivity contribution in [3.05, 3.63) is 44.1 Å². The number of benzene rings is 1. The van der Waals surface area contributed by atoms with Crippen molar-refractivity contribution in [2.24, 2.45) is 19.2 Å². The fraction of sp³-hybridized carbons (Fsp3) is 0.400. The highest BCUT2D eigenvalue weighted by molar-refractivity contribution is 6.32. The summed E-state index contributed by atoms with van der Waals surface area (Å²) in [6, 6.07) is 5.31. The molecule has 0 amide bonds. The third-order valence-corrected chi connectivity index (χ3v) is 5.87. The van der Waals surface area contributed by atoms with Crippen molar-refractivity contribution in [2.75, 3.05) is 30.5 Å². The first kappa shape index (κ1) is 21.0. The van der Waals surface area contributed by atoms with Crippen LogP contribution in [0.5, 0.6) is 5.75 Å². The molecule has 31 heavy (non-hydrogen) atoms. The lowest BCUT2D eigenvalue weighted by Crippen LogP contribution is -2.39. The molecule has 0 spiro atoms. The van der Waals surface area contributed by atoms with Gasteiger partial charge in [-0.25, -0.2) is 9.80 Å². The number of hydrazone groups is 1. The standard InChI is InChI=1S/C20H24ClN7O3/c1-11-12(2)28-16-17(25(3)20(30)26(4)18(16)29)23-19(28)27(24-11)9-8-22-13-6-7-15(31-5)14(21)10-13/h6-7,10,12,22H,8-9H2,1-5H3/t12-/m0/s1. The largest absolute Gasteiger partial charge is 0.495 e. The minimum absolute atomic E-state index is 0.158. The average molecular weight is 446 g/mol. The minimum atomic E-state index is -0.414. The highest BCUT2D eigenvalue weighted by atomic mass is 35.5. The lowest BCUT2D eigenvalue weighted by molar-refractivity contribution is 0.415. The Morgan fingerprint density at radius 2 is 1.97 bits per heavy atom. The molecule has 0 bridgehead atoms. The van der Waals surface area contributed by atoms with Gasteiger partial charge in [-0.1, -0.05) is 11.6 Å². The first-order valence-electron chi connectivity index (χ1n) is 9.82. The van der Waals surface area contributed by atoms with Crippen molar-refractivity contribution in [3.63, 3.8) is 0 Å². The molecule has 10 nitrogen and oxygen atoms in total.